The van der Waals surface area contributed by atoms with Gasteiger partial charge in [0.2, 0.25) is 0 Å². The molecule has 2 nitrogen and oxygen atoms in total. The van der Waals surface area contributed by atoms with Crippen molar-refractivity contribution in [2.75, 3.05) is 13.2 Å². The number of rotatable bonds is 7. The predicted molar refractivity (Wildman–Crippen MR) is 109 cm³/mol. The van der Waals surface area contributed by atoms with E-state index in [1.54, 1.807) is 0 Å². The number of hydrogen-bond acceptors (Lipinski definition) is 2. The molecule has 0 aliphatic carbocycles. The lowest BCUT2D eigenvalue weighted by atomic mass is 9.75. The van der Waals surface area contributed by atoms with Crippen molar-refractivity contribution in [3.8, 4) is 0 Å². The summed E-state index contributed by atoms with van der Waals surface area (Å²) in [6.45, 7) is 8.64. The summed E-state index contributed by atoms with van der Waals surface area (Å²) in [6, 6.07) is 22.2. The maximum absolute atomic E-state index is 5.97. The summed E-state index contributed by atoms with van der Waals surface area (Å²) in [6.07, 6.45) is 3.47. The van der Waals surface area contributed by atoms with Crippen LogP contribution in [0.25, 0.3) is 0 Å². The van der Waals surface area contributed by atoms with Crippen molar-refractivity contribution in [1.29, 1.82) is 0 Å². The molecule has 0 aromatic heterocycles. The quantitative estimate of drug-likeness (QED) is 0.689. The van der Waals surface area contributed by atoms with Crippen molar-refractivity contribution in [2.45, 2.75) is 57.6 Å². The Balaban J connectivity index is 1.64. The number of hydrogen-bond donors (Lipinski definition) is 1. The highest BCUT2D eigenvalue weighted by molar-refractivity contribution is 5.21. The standard InChI is InChI=1S/C24H33NO/c1-19(20-10-6-4-7-11-20)25-16-14-23(21-12-8-5-9-13-21)22-15-17-26-24(2,3)18-22/h4-13,19,22-23,25H,14-18H2,1-3H3/t19-,22-,23+/m0/s1. The van der Waals surface area contributed by atoms with Crippen molar-refractivity contribution in [1.82, 2.24) is 5.32 Å². The average molecular weight is 352 g/mol. The molecule has 0 saturated carbocycles. The van der Waals surface area contributed by atoms with Gasteiger partial charge in [-0.25, -0.2) is 0 Å². The molecule has 0 radical (unpaired) electrons. The summed E-state index contributed by atoms with van der Waals surface area (Å²) in [4.78, 5) is 0. The van der Waals surface area contributed by atoms with E-state index in [2.05, 4.69) is 86.8 Å². The van der Waals surface area contributed by atoms with Gasteiger partial charge in [-0.15, -0.1) is 0 Å². The van der Waals surface area contributed by atoms with Crippen LogP contribution in [0.3, 0.4) is 0 Å². The number of benzene rings is 2. The Hall–Kier alpha value is -1.64. The third kappa shape index (κ3) is 5.18. The molecule has 2 aromatic rings. The van der Waals surface area contributed by atoms with Gasteiger partial charge in [0, 0.05) is 12.6 Å². The molecule has 1 heterocycles. The topological polar surface area (TPSA) is 21.3 Å². The summed E-state index contributed by atoms with van der Waals surface area (Å²) in [7, 11) is 0. The van der Waals surface area contributed by atoms with Gasteiger partial charge in [0.25, 0.3) is 0 Å². The van der Waals surface area contributed by atoms with E-state index >= 15 is 0 Å². The largest absolute Gasteiger partial charge is 0.376 e. The van der Waals surface area contributed by atoms with E-state index in [4.69, 9.17) is 4.74 Å². The lowest BCUT2D eigenvalue weighted by molar-refractivity contribution is -0.0772. The Morgan fingerprint density at radius 2 is 1.62 bits per heavy atom. The minimum atomic E-state index is 0.000700. The van der Waals surface area contributed by atoms with E-state index in [1.165, 1.54) is 17.5 Å². The van der Waals surface area contributed by atoms with Crippen molar-refractivity contribution in [3.05, 3.63) is 71.8 Å². The van der Waals surface area contributed by atoms with E-state index < -0.39 is 0 Å². The molecule has 1 fully saturated rings. The van der Waals surface area contributed by atoms with E-state index in [-0.39, 0.29) is 5.60 Å². The van der Waals surface area contributed by atoms with E-state index in [1.807, 2.05) is 0 Å². The van der Waals surface area contributed by atoms with E-state index in [0.717, 1.165) is 26.0 Å². The summed E-state index contributed by atoms with van der Waals surface area (Å²) < 4.78 is 5.97. The predicted octanol–water partition coefficient (Wildman–Crippen LogP) is 5.72. The highest BCUT2D eigenvalue weighted by atomic mass is 16.5. The van der Waals surface area contributed by atoms with Gasteiger partial charge in [-0.1, -0.05) is 60.7 Å². The third-order valence-electron chi connectivity index (χ3n) is 5.74. The molecule has 3 rings (SSSR count). The van der Waals surface area contributed by atoms with Crippen LogP contribution < -0.4 is 5.32 Å². The summed E-state index contributed by atoms with van der Waals surface area (Å²) in [5.41, 5.74) is 2.83. The third-order valence-corrected chi connectivity index (χ3v) is 5.74. The van der Waals surface area contributed by atoms with Gasteiger partial charge in [-0.05, 0) is 69.5 Å². The Morgan fingerprint density at radius 1 is 1.00 bits per heavy atom. The molecule has 140 valence electrons. The van der Waals surface area contributed by atoms with Crippen LogP contribution in [0.4, 0.5) is 0 Å². The lowest BCUT2D eigenvalue weighted by Crippen LogP contribution is -2.37. The molecular formula is C24H33NO. The normalized spacial score (nSPS) is 21.9. The van der Waals surface area contributed by atoms with Gasteiger partial charge in [0.1, 0.15) is 0 Å². The van der Waals surface area contributed by atoms with Crippen LogP contribution >= 0.6 is 0 Å². The Morgan fingerprint density at radius 3 is 2.23 bits per heavy atom. The van der Waals surface area contributed by atoms with E-state index in [9.17, 15) is 0 Å². The minimum Gasteiger partial charge on any atom is -0.376 e. The molecular weight excluding hydrogens is 318 g/mol. The second-order valence-corrected chi connectivity index (χ2v) is 8.25. The van der Waals surface area contributed by atoms with E-state index in [0.29, 0.717) is 17.9 Å². The highest BCUT2D eigenvalue weighted by Gasteiger charge is 2.33. The van der Waals surface area contributed by atoms with Crippen LogP contribution in [-0.2, 0) is 4.74 Å². The van der Waals surface area contributed by atoms with Crippen molar-refractivity contribution in [2.24, 2.45) is 5.92 Å². The minimum absolute atomic E-state index is 0.000700. The number of nitrogens with one attached hydrogen (secondary N) is 1. The molecule has 0 amide bonds. The van der Waals surface area contributed by atoms with Crippen LogP contribution in [-0.4, -0.2) is 18.8 Å². The van der Waals surface area contributed by atoms with Crippen LogP contribution in [0.15, 0.2) is 60.7 Å². The molecule has 1 saturated heterocycles. The first-order chi connectivity index (χ1) is 12.6. The Labute approximate surface area is 159 Å². The average Bonchev–Trinajstić information content (AvgIpc) is 2.65. The van der Waals surface area contributed by atoms with Crippen molar-refractivity contribution in [3.63, 3.8) is 0 Å². The van der Waals surface area contributed by atoms with Crippen LogP contribution in [0.5, 0.6) is 0 Å². The van der Waals surface area contributed by atoms with Gasteiger partial charge >= 0.3 is 0 Å². The molecule has 2 heteroatoms. The Bertz CT molecular complexity index is 652. The SMILES string of the molecule is C[C@H](NCC[C@H](c1ccccc1)[C@H]1CCOC(C)(C)C1)c1ccccc1. The number of ether oxygens (including phenoxy) is 1. The molecule has 26 heavy (non-hydrogen) atoms. The highest BCUT2D eigenvalue weighted by Crippen LogP contribution is 2.39. The van der Waals surface area contributed by atoms with Crippen LogP contribution in [0.2, 0.25) is 0 Å². The second-order valence-electron chi connectivity index (χ2n) is 8.25. The molecule has 0 unspecified atom stereocenters. The van der Waals surface area contributed by atoms with Gasteiger partial charge in [0.15, 0.2) is 0 Å². The zero-order valence-electron chi connectivity index (χ0n) is 16.4. The van der Waals surface area contributed by atoms with Crippen LogP contribution in [0, 0.1) is 5.92 Å². The second kappa shape index (κ2) is 8.83. The maximum atomic E-state index is 5.97. The summed E-state index contributed by atoms with van der Waals surface area (Å²) in [5, 5.41) is 3.73. The maximum Gasteiger partial charge on any atom is 0.0629 e. The monoisotopic (exact) mass is 351 g/mol. The summed E-state index contributed by atoms with van der Waals surface area (Å²) >= 11 is 0. The fraction of sp³-hybridized carbons (Fsp3) is 0.500. The molecule has 0 bridgehead atoms. The zero-order chi connectivity index (χ0) is 18.4. The van der Waals surface area contributed by atoms with Gasteiger partial charge in [0.05, 0.1) is 5.60 Å². The first kappa shape index (κ1) is 19.1. The molecule has 2 aromatic carbocycles. The lowest BCUT2D eigenvalue weighted by Gasteiger charge is -2.39. The van der Waals surface area contributed by atoms with Gasteiger partial charge in [-0.3, -0.25) is 0 Å². The van der Waals surface area contributed by atoms with Crippen molar-refractivity contribution >= 4 is 0 Å². The molecule has 1 aliphatic heterocycles. The zero-order valence-corrected chi connectivity index (χ0v) is 16.4. The van der Waals surface area contributed by atoms with Crippen LogP contribution in [0.1, 0.15) is 63.1 Å². The fourth-order valence-corrected chi connectivity index (χ4v) is 4.31. The first-order valence-electron chi connectivity index (χ1n) is 10.0. The Kier molecular flexibility index (Phi) is 6.50. The summed E-state index contributed by atoms with van der Waals surface area (Å²) in [5.74, 6) is 1.28. The first-order valence-corrected chi connectivity index (χ1v) is 10.0. The van der Waals surface area contributed by atoms with Gasteiger partial charge in [-0.2, -0.15) is 0 Å². The smallest absolute Gasteiger partial charge is 0.0629 e. The van der Waals surface area contributed by atoms with Gasteiger partial charge < -0.3 is 10.1 Å². The van der Waals surface area contributed by atoms with Crippen molar-refractivity contribution < 1.29 is 4.74 Å². The molecule has 1 N–H and O–H groups in total. The fourth-order valence-electron chi connectivity index (χ4n) is 4.31. The molecule has 3 atom stereocenters. The molecule has 1 aliphatic rings. The molecule has 0 spiro atoms.